The molecule has 27 heavy (non-hydrogen) atoms. The summed E-state index contributed by atoms with van der Waals surface area (Å²) in [6.45, 7) is 0.827. The van der Waals surface area contributed by atoms with Crippen LogP contribution < -0.4 is 0 Å². The molecule has 0 aliphatic rings. The molecule has 2 rings (SSSR count). The first kappa shape index (κ1) is 20.6. The minimum atomic E-state index is -5.44. The van der Waals surface area contributed by atoms with Crippen LogP contribution in [0.25, 0.3) is 5.69 Å². The minimum absolute atomic E-state index is 0.00120. The summed E-state index contributed by atoms with van der Waals surface area (Å²) < 4.78 is 115. The van der Waals surface area contributed by atoms with Crippen LogP contribution in [0, 0.1) is 6.92 Å². The molecule has 13 heteroatoms. The van der Waals surface area contributed by atoms with Crippen LogP contribution in [0.5, 0.6) is 5.88 Å². The van der Waals surface area contributed by atoms with Crippen LogP contribution in [0.2, 0.25) is 0 Å². The van der Waals surface area contributed by atoms with Gasteiger partial charge in [-0.05, 0) is 25.1 Å². The molecule has 0 aliphatic carbocycles. The number of nitrogens with zero attached hydrogens (tertiary/aromatic N) is 2. The van der Waals surface area contributed by atoms with Crippen molar-refractivity contribution >= 4 is 5.78 Å². The highest BCUT2D eigenvalue weighted by Gasteiger charge is 2.44. The zero-order chi connectivity index (χ0) is 20.9. The van der Waals surface area contributed by atoms with Gasteiger partial charge in [0.15, 0.2) is 0 Å². The topological polar surface area (TPSA) is 55.1 Å². The summed E-state index contributed by atoms with van der Waals surface area (Å²) in [5.41, 5.74) is -6.69. The Morgan fingerprint density at radius 3 is 1.74 bits per heavy atom. The summed E-state index contributed by atoms with van der Waals surface area (Å²) >= 11 is 0. The average molecular weight is 406 g/mol. The molecule has 4 nitrogen and oxygen atoms in total. The number of ketones is 1. The van der Waals surface area contributed by atoms with Crippen molar-refractivity contribution in [1.82, 2.24) is 9.78 Å². The van der Waals surface area contributed by atoms with Crippen LogP contribution in [0.15, 0.2) is 18.2 Å². The Labute approximate surface area is 143 Å². The highest BCUT2D eigenvalue weighted by atomic mass is 19.4. The molecule has 0 radical (unpaired) electrons. The number of carbonyl (C=O) groups excluding carboxylic acids is 1. The van der Waals surface area contributed by atoms with Crippen molar-refractivity contribution < 1.29 is 49.4 Å². The number of hydrogen-bond acceptors (Lipinski definition) is 3. The van der Waals surface area contributed by atoms with Crippen molar-refractivity contribution in [3.05, 3.63) is 40.6 Å². The smallest absolute Gasteiger partial charge is 0.455 e. The van der Waals surface area contributed by atoms with Gasteiger partial charge >= 0.3 is 18.5 Å². The molecule has 0 bridgehead atoms. The van der Waals surface area contributed by atoms with E-state index in [1.807, 2.05) is 0 Å². The Balaban J connectivity index is 2.74. The van der Waals surface area contributed by atoms with E-state index >= 15 is 0 Å². The molecule has 0 atom stereocenters. The van der Waals surface area contributed by atoms with Gasteiger partial charge in [-0.25, -0.2) is 4.68 Å². The number of hydrogen-bond donors (Lipinski definition) is 1. The first-order valence-electron chi connectivity index (χ1n) is 6.73. The number of aryl methyl sites for hydroxylation is 1. The lowest BCUT2D eigenvalue weighted by Gasteiger charge is -2.14. The second-order valence-electron chi connectivity index (χ2n) is 5.29. The molecule has 1 N–H and O–H groups in total. The van der Waals surface area contributed by atoms with Crippen LogP contribution in [-0.4, -0.2) is 26.8 Å². The number of halogens is 9. The third-order valence-electron chi connectivity index (χ3n) is 3.34. The number of Topliss-reactive ketones (excluding diaryl/α,β-unsaturated/α-hetero) is 1. The highest BCUT2D eigenvalue weighted by Crippen LogP contribution is 2.38. The SMILES string of the molecule is Cc1nn(-c2cc(C(F)(F)F)cc(C(F)(F)F)c2)c(O)c1C(=O)C(F)(F)F. The van der Waals surface area contributed by atoms with Crippen molar-refractivity contribution in [2.45, 2.75) is 25.5 Å². The highest BCUT2D eigenvalue weighted by molar-refractivity contribution is 6.03. The maximum atomic E-state index is 12.9. The summed E-state index contributed by atoms with van der Waals surface area (Å²) in [6.07, 6.45) is -15.9. The zero-order valence-corrected chi connectivity index (χ0v) is 12.9. The summed E-state index contributed by atoms with van der Waals surface area (Å²) in [5, 5.41) is 13.1. The zero-order valence-electron chi connectivity index (χ0n) is 12.9. The van der Waals surface area contributed by atoms with E-state index < -0.39 is 58.3 Å². The second kappa shape index (κ2) is 6.16. The molecule has 0 spiro atoms. The van der Waals surface area contributed by atoms with Crippen LogP contribution >= 0.6 is 0 Å². The number of alkyl halides is 9. The Morgan fingerprint density at radius 2 is 1.37 bits per heavy atom. The predicted octanol–water partition coefficient (Wildman–Crippen LogP) is 4.67. The molecule has 1 aromatic carbocycles. The number of rotatable bonds is 2. The molecule has 0 saturated heterocycles. The predicted molar refractivity (Wildman–Crippen MR) is 70.4 cm³/mol. The number of carbonyl (C=O) groups is 1. The van der Waals surface area contributed by atoms with Gasteiger partial charge in [-0.1, -0.05) is 0 Å². The van der Waals surface area contributed by atoms with E-state index in [4.69, 9.17) is 0 Å². The molecule has 0 unspecified atom stereocenters. The molecular formula is C14H7F9N2O2. The lowest BCUT2D eigenvalue weighted by molar-refractivity contribution is -0.143. The van der Waals surface area contributed by atoms with E-state index in [1.54, 1.807) is 0 Å². The molecule has 0 amide bonds. The van der Waals surface area contributed by atoms with E-state index in [-0.39, 0.29) is 22.9 Å². The molecule has 1 heterocycles. The van der Waals surface area contributed by atoms with Crippen molar-refractivity contribution in [2.75, 3.05) is 0 Å². The fraction of sp³-hybridized carbons (Fsp3) is 0.286. The second-order valence-corrected chi connectivity index (χ2v) is 5.29. The van der Waals surface area contributed by atoms with Crippen molar-refractivity contribution in [1.29, 1.82) is 0 Å². The van der Waals surface area contributed by atoms with Crippen molar-refractivity contribution in [3.63, 3.8) is 0 Å². The van der Waals surface area contributed by atoms with Gasteiger partial charge in [0.05, 0.1) is 22.5 Å². The largest absolute Gasteiger partial charge is 0.493 e. The Bertz CT molecular complexity index is 859. The summed E-state index contributed by atoms with van der Waals surface area (Å²) in [4.78, 5) is 11.3. The monoisotopic (exact) mass is 406 g/mol. The number of aromatic nitrogens is 2. The number of benzene rings is 1. The molecule has 1 aromatic heterocycles. The Hall–Kier alpha value is -2.73. The molecule has 0 saturated carbocycles. The van der Waals surface area contributed by atoms with Crippen LogP contribution in [0.3, 0.4) is 0 Å². The van der Waals surface area contributed by atoms with Gasteiger partial charge in [0.2, 0.25) is 5.88 Å². The van der Waals surface area contributed by atoms with Gasteiger partial charge in [0.1, 0.15) is 5.56 Å². The van der Waals surface area contributed by atoms with E-state index in [0.717, 1.165) is 6.92 Å². The first-order valence-corrected chi connectivity index (χ1v) is 6.73. The quantitative estimate of drug-likeness (QED) is 0.583. The maximum absolute atomic E-state index is 12.9. The summed E-state index contributed by atoms with van der Waals surface area (Å²) in [5.74, 6) is -4.09. The standard InChI is InChI=1S/C14H7F9N2O2/c1-5-9(10(26)14(21,22)23)11(27)25(24-5)8-3-6(12(15,16)17)2-7(4-8)13(18,19)20/h2-4,27H,1H3. The van der Waals surface area contributed by atoms with Gasteiger partial charge < -0.3 is 5.11 Å². The Kier molecular flexibility index (Phi) is 4.70. The van der Waals surface area contributed by atoms with Gasteiger partial charge in [-0.3, -0.25) is 4.79 Å². The third kappa shape index (κ3) is 4.01. The lowest BCUT2D eigenvalue weighted by atomic mass is 10.1. The fourth-order valence-corrected chi connectivity index (χ4v) is 2.16. The van der Waals surface area contributed by atoms with Gasteiger partial charge in [0.25, 0.3) is 5.78 Å². The lowest BCUT2D eigenvalue weighted by Crippen LogP contribution is -2.23. The summed E-state index contributed by atoms with van der Waals surface area (Å²) in [7, 11) is 0. The van der Waals surface area contributed by atoms with Gasteiger partial charge in [-0.2, -0.15) is 44.6 Å². The van der Waals surface area contributed by atoms with Gasteiger partial charge in [-0.15, -0.1) is 0 Å². The van der Waals surface area contributed by atoms with Crippen molar-refractivity contribution in [2.24, 2.45) is 0 Å². The third-order valence-corrected chi connectivity index (χ3v) is 3.34. The molecule has 148 valence electrons. The van der Waals surface area contributed by atoms with Crippen LogP contribution in [0.4, 0.5) is 39.5 Å². The van der Waals surface area contributed by atoms with Crippen LogP contribution in [0.1, 0.15) is 27.2 Å². The maximum Gasteiger partial charge on any atom is 0.455 e. The van der Waals surface area contributed by atoms with Crippen molar-refractivity contribution in [3.8, 4) is 11.6 Å². The number of aromatic hydroxyl groups is 1. The Morgan fingerprint density at radius 1 is 0.926 bits per heavy atom. The fourth-order valence-electron chi connectivity index (χ4n) is 2.16. The van der Waals surface area contributed by atoms with E-state index in [1.165, 1.54) is 0 Å². The van der Waals surface area contributed by atoms with E-state index in [0.29, 0.717) is 0 Å². The summed E-state index contributed by atoms with van der Waals surface area (Å²) in [6, 6.07) is 0.0746. The minimum Gasteiger partial charge on any atom is -0.493 e. The molecule has 0 aliphatic heterocycles. The molecule has 2 aromatic rings. The molecular weight excluding hydrogens is 399 g/mol. The first-order chi connectivity index (χ1) is 12.0. The van der Waals surface area contributed by atoms with E-state index in [9.17, 15) is 49.4 Å². The van der Waals surface area contributed by atoms with E-state index in [2.05, 4.69) is 5.10 Å². The van der Waals surface area contributed by atoms with Crippen LogP contribution in [-0.2, 0) is 12.4 Å². The average Bonchev–Trinajstić information content (AvgIpc) is 2.78. The normalized spacial score (nSPS) is 13.1. The van der Waals surface area contributed by atoms with Gasteiger partial charge in [0, 0.05) is 0 Å². The molecule has 0 fully saturated rings.